The summed E-state index contributed by atoms with van der Waals surface area (Å²) in [5, 5.41) is 8.55. The number of piperidine rings is 2. The Morgan fingerprint density at radius 1 is 1.07 bits per heavy atom. The minimum Gasteiger partial charge on any atom is -0.423 e. The molecule has 0 saturated carbocycles. The molecule has 0 radical (unpaired) electrons. The lowest BCUT2D eigenvalue weighted by Gasteiger charge is -2.32. The molecule has 0 spiro atoms. The topological polar surface area (TPSA) is 92.4 Å². The molecule has 4 rings (SSSR count). The molecule has 2 aromatic rings. The van der Waals surface area contributed by atoms with E-state index in [4.69, 9.17) is 4.42 Å². The Hall–Kier alpha value is -1.84. The number of hydrogen-bond donors (Lipinski definition) is 0. The molecule has 158 valence electrons. The van der Waals surface area contributed by atoms with E-state index in [2.05, 4.69) is 26.1 Å². The summed E-state index contributed by atoms with van der Waals surface area (Å²) in [6.07, 6.45) is 6.33. The molecule has 4 heterocycles. The van der Waals surface area contributed by atoms with Crippen molar-refractivity contribution in [2.45, 2.75) is 57.5 Å². The molecule has 0 amide bonds. The van der Waals surface area contributed by atoms with Gasteiger partial charge in [-0.05, 0) is 57.8 Å². The van der Waals surface area contributed by atoms with Crippen LogP contribution in [0.3, 0.4) is 0 Å². The van der Waals surface area contributed by atoms with Crippen molar-refractivity contribution < 1.29 is 12.8 Å². The zero-order valence-electron chi connectivity index (χ0n) is 16.9. The average molecular weight is 420 g/mol. The number of nitrogens with zero attached hydrogens (tertiary/aromatic N) is 5. The van der Waals surface area contributed by atoms with Crippen LogP contribution in [-0.2, 0) is 16.6 Å². The van der Waals surface area contributed by atoms with E-state index in [0.717, 1.165) is 57.4 Å². The first kappa shape index (κ1) is 20.4. The fourth-order valence-electron chi connectivity index (χ4n) is 4.26. The Kier molecular flexibility index (Phi) is 6.26. The van der Waals surface area contributed by atoms with Crippen LogP contribution in [0.25, 0.3) is 0 Å². The number of aromatic nitrogens is 3. The Morgan fingerprint density at radius 2 is 1.86 bits per heavy atom. The molecular weight excluding hydrogens is 390 g/mol. The zero-order valence-corrected chi connectivity index (χ0v) is 17.7. The van der Waals surface area contributed by atoms with Crippen molar-refractivity contribution in [3.8, 4) is 0 Å². The normalized spacial score (nSPS) is 22.7. The van der Waals surface area contributed by atoms with Crippen molar-refractivity contribution in [1.82, 2.24) is 24.4 Å². The third kappa shape index (κ3) is 4.67. The molecule has 29 heavy (non-hydrogen) atoms. The van der Waals surface area contributed by atoms with Crippen LogP contribution in [0, 0.1) is 0 Å². The highest BCUT2D eigenvalue weighted by atomic mass is 32.2. The van der Waals surface area contributed by atoms with Gasteiger partial charge in [-0.15, -0.1) is 10.2 Å². The summed E-state index contributed by atoms with van der Waals surface area (Å²) >= 11 is 0. The van der Waals surface area contributed by atoms with Gasteiger partial charge in [-0.1, -0.05) is 12.5 Å². The molecule has 2 saturated heterocycles. The number of pyridine rings is 1. The van der Waals surface area contributed by atoms with Gasteiger partial charge >= 0.3 is 0 Å². The molecular formula is C20H29N5O3S. The lowest BCUT2D eigenvalue weighted by atomic mass is 9.97. The van der Waals surface area contributed by atoms with Crippen molar-refractivity contribution in [2.24, 2.45) is 0 Å². The minimum absolute atomic E-state index is 0.0965. The van der Waals surface area contributed by atoms with Crippen LogP contribution in [0.15, 0.2) is 28.8 Å². The van der Waals surface area contributed by atoms with E-state index >= 15 is 0 Å². The number of sulfonamides is 1. The van der Waals surface area contributed by atoms with Crippen LogP contribution in [0.4, 0.5) is 0 Å². The molecule has 0 aromatic carbocycles. The molecule has 2 aromatic heterocycles. The summed E-state index contributed by atoms with van der Waals surface area (Å²) in [6, 6.07) is 5.68. The van der Waals surface area contributed by atoms with E-state index < -0.39 is 10.0 Å². The molecule has 9 heteroatoms. The number of hydrogen-bond acceptors (Lipinski definition) is 7. The van der Waals surface area contributed by atoms with Gasteiger partial charge in [0.1, 0.15) is 6.04 Å². The maximum Gasteiger partial charge on any atom is 0.234 e. The van der Waals surface area contributed by atoms with Gasteiger partial charge in [0, 0.05) is 25.2 Å². The number of likely N-dealkylation sites (tertiary alicyclic amines) is 1. The van der Waals surface area contributed by atoms with Gasteiger partial charge < -0.3 is 4.42 Å². The van der Waals surface area contributed by atoms with Crippen LogP contribution in [0.5, 0.6) is 0 Å². The first-order valence-corrected chi connectivity index (χ1v) is 12.1. The third-order valence-electron chi connectivity index (χ3n) is 5.97. The van der Waals surface area contributed by atoms with Crippen molar-refractivity contribution in [3.63, 3.8) is 0 Å². The van der Waals surface area contributed by atoms with E-state index in [0.29, 0.717) is 18.3 Å². The highest BCUT2D eigenvalue weighted by Crippen LogP contribution is 2.35. The highest BCUT2D eigenvalue weighted by molar-refractivity contribution is 7.89. The van der Waals surface area contributed by atoms with Gasteiger partial charge in [0.2, 0.25) is 21.8 Å². The fourth-order valence-corrected chi connectivity index (χ4v) is 5.58. The number of rotatable bonds is 6. The smallest absolute Gasteiger partial charge is 0.234 e. The standard InChI is InChI=1S/C20H29N5O3S/c1-2-29(26,27)25-12-6-4-8-18(25)20-23-22-19(28-20)16-9-13-24(14-10-16)15-17-7-3-5-11-21-17/h3,5,7,11,16,18H,2,4,6,8-10,12-15H2,1H3/t18-/m1/s1. The second-order valence-electron chi connectivity index (χ2n) is 7.87. The highest BCUT2D eigenvalue weighted by Gasteiger charge is 2.36. The predicted octanol–water partition coefficient (Wildman–Crippen LogP) is 2.72. The Labute approximate surface area is 172 Å². The molecule has 0 N–H and O–H groups in total. The molecule has 0 unspecified atom stereocenters. The van der Waals surface area contributed by atoms with Crippen molar-refractivity contribution in [3.05, 3.63) is 41.9 Å². The Morgan fingerprint density at radius 3 is 2.59 bits per heavy atom. The molecule has 0 bridgehead atoms. The first-order valence-electron chi connectivity index (χ1n) is 10.5. The van der Waals surface area contributed by atoms with E-state index in [-0.39, 0.29) is 17.7 Å². The van der Waals surface area contributed by atoms with Gasteiger partial charge in [-0.3, -0.25) is 9.88 Å². The van der Waals surface area contributed by atoms with Crippen molar-refractivity contribution >= 4 is 10.0 Å². The minimum atomic E-state index is -3.28. The van der Waals surface area contributed by atoms with Crippen molar-refractivity contribution in [2.75, 3.05) is 25.4 Å². The predicted molar refractivity (Wildman–Crippen MR) is 109 cm³/mol. The van der Waals surface area contributed by atoms with Crippen LogP contribution in [-0.4, -0.2) is 58.2 Å². The van der Waals surface area contributed by atoms with Crippen LogP contribution in [0.1, 0.15) is 68.5 Å². The maximum atomic E-state index is 12.5. The van der Waals surface area contributed by atoms with Crippen LogP contribution in [0.2, 0.25) is 0 Å². The average Bonchev–Trinajstić information content (AvgIpc) is 3.25. The summed E-state index contributed by atoms with van der Waals surface area (Å²) in [6.45, 7) is 4.98. The van der Waals surface area contributed by atoms with Gasteiger partial charge in [-0.2, -0.15) is 4.31 Å². The molecule has 1 atom stereocenters. The van der Waals surface area contributed by atoms with Gasteiger partial charge in [0.05, 0.1) is 11.4 Å². The van der Waals surface area contributed by atoms with Gasteiger partial charge in [0.25, 0.3) is 0 Å². The zero-order chi connectivity index (χ0) is 20.3. The van der Waals surface area contributed by atoms with Gasteiger partial charge in [0.15, 0.2) is 0 Å². The van der Waals surface area contributed by atoms with Crippen LogP contribution < -0.4 is 0 Å². The summed E-state index contributed by atoms with van der Waals surface area (Å²) in [4.78, 5) is 6.80. The van der Waals surface area contributed by atoms with E-state index in [1.165, 1.54) is 0 Å². The molecule has 2 aliphatic rings. The summed E-state index contributed by atoms with van der Waals surface area (Å²) < 4.78 is 32.5. The second kappa shape index (κ2) is 8.89. The maximum absolute atomic E-state index is 12.5. The lowest BCUT2D eigenvalue weighted by molar-refractivity contribution is 0.182. The third-order valence-corrected chi connectivity index (χ3v) is 7.85. The first-order chi connectivity index (χ1) is 14.1. The summed E-state index contributed by atoms with van der Waals surface area (Å²) in [7, 11) is -3.28. The fraction of sp³-hybridized carbons (Fsp3) is 0.650. The second-order valence-corrected chi connectivity index (χ2v) is 10.1. The quantitative estimate of drug-likeness (QED) is 0.711. The lowest BCUT2D eigenvalue weighted by Crippen LogP contribution is -2.39. The largest absolute Gasteiger partial charge is 0.423 e. The van der Waals surface area contributed by atoms with E-state index in [1.807, 2.05) is 18.3 Å². The Bertz CT molecular complexity index is 894. The summed E-state index contributed by atoms with van der Waals surface area (Å²) in [5.41, 5.74) is 1.08. The summed E-state index contributed by atoms with van der Waals surface area (Å²) in [5.74, 6) is 1.43. The Balaban J connectivity index is 1.39. The molecule has 2 aliphatic heterocycles. The van der Waals surface area contributed by atoms with Crippen molar-refractivity contribution in [1.29, 1.82) is 0 Å². The monoisotopic (exact) mass is 419 g/mol. The van der Waals surface area contributed by atoms with E-state index in [1.54, 1.807) is 11.2 Å². The molecule has 8 nitrogen and oxygen atoms in total. The molecule has 2 fully saturated rings. The SMILES string of the molecule is CCS(=O)(=O)N1CCCC[C@@H]1c1nnc(C2CCN(Cc3ccccn3)CC2)o1. The van der Waals surface area contributed by atoms with Gasteiger partial charge in [-0.25, -0.2) is 8.42 Å². The van der Waals surface area contributed by atoms with Crippen LogP contribution >= 0.6 is 0 Å². The molecule has 0 aliphatic carbocycles. The van der Waals surface area contributed by atoms with E-state index in [9.17, 15) is 8.42 Å².